The maximum atomic E-state index is 8.78. The molecule has 2 N–H and O–H groups in total. The first-order valence-corrected chi connectivity index (χ1v) is 5.05. The van der Waals surface area contributed by atoms with Gasteiger partial charge < -0.3 is 10.4 Å². The predicted octanol–water partition coefficient (Wildman–Crippen LogP) is 1.78. The molecular formula is C10H23NO. The summed E-state index contributed by atoms with van der Waals surface area (Å²) in [5, 5.41) is 12.2. The Hall–Kier alpha value is -0.0800. The van der Waals surface area contributed by atoms with Gasteiger partial charge in [-0.05, 0) is 19.3 Å². The van der Waals surface area contributed by atoms with Gasteiger partial charge in [0.25, 0.3) is 0 Å². The highest BCUT2D eigenvalue weighted by molar-refractivity contribution is 4.62. The van der Waals surface area contributed by atoms with Crippen LogP contribution in [0.2, 0.25) is 0 Å². The molecule has 0 aromatic heterocycles. The van der Waals surface area contributed by atoms with E-state index in [2.05, 4.69) is 26.1 Å². The zero-order valence-electron chi connectivity index (χ0n) is 8.64. The van der Waals surface area contributed by atoms with Gasteiger partial charge in [-0.25, -0.2) is 0 Å². The molecule has 2 unspecified atom stereocenters. The van der Waals surface area contributed by atoms with Gasteiger partial charge in [0.15, 0.2) is 0 Å². The third-order valence-corrected chi connectivity index (χ3v) is 2.12. The van der Waals surface area contributed by atoms with E-state index in [9.17, 15) is 0 Å². The van der Waals surface area contributed by atoms with Gasteiger partial charge in [-0.1, -0.05) is 26.7 Å². The molecule has 0 fully saturated rings. The molecule has 74 valence electrons. The van der Waals surface area contributed by atoms with Crippen LogP contribution in [0.25, 0.3) is 0 Å². The summed E-state index contributed by atoms with van der Waals surface area (Å²) < 4.78 is 0. The van der Waals surface area contributed by atoms with E-state index in [1.165, 1.54) is 19.3 Å². The number of hydrogen-bond acceptors (Lipinski definition) is 2. The highest BCUT2D eigenvalue weighted by Gasteiger charge is 2.03. The minimum atomic E-state index is 0.285. The molecule has 12 heavy (non-hydrogen) atoms. The Balaban J connectivity index is 3.24. The van der Waals surface area contributed by atoms with E-state index < -0.39 is 0 Å². The number of nitrogens with one attached hydrogen (secondary N) is 1. The second-order valence-corrected chi connectivity index (χ2v) is 3.74. The molecule has 0 aromatic rings. The first-order valence-electron chi connectivity index (χ1n) is 5.05. The molecule has 0 spiro atoms. The number of unbranched alkanes of at least 4 members (excludes halogenated alkanes) is 1. The fraction of sp³-hybridized carbons (Fsp3) is 1.00. The van der Waals surface area contributed by atoms with Gasteiger partial charge >= 0.3 is 0 Å². The van der Waals surface area contributed by atoms with Crippen LogP contribution in [0.1, 0.15) is 40.0 Å². The van der Waals surface area contributed by atoms with Crippen molar-refractivity contribution in [2.24, 2.45) is 5.92 Å². The van der Waals surface area contributed by atoms with Crippen molar-refractivity contribution in [1.82, 2.24) is 5.32 Å². The Morgan fingerprint density at radius 2 is 2.00 bits per heavy atom. The molecule has 0 aliphatic carbocycles. The summed E-state index contributed by atoms with van der Waals surface area (Å²) in [6, 6.07) is 0.596. The molecule has 0 amide bonds. The van der Waals surface area contributed by atoms with Crippen molar-refractivity contribution >= 4 is 0 Å². The summed E-state index contributed by atoms with van der Waals surface area (Å²) in [5.74, 6) is 0.383. The SMILES string of the molecule is CCCCC(C)NCC(C)CO. The van der Waals surface area contributed by atoms with Gasteiger partial charge in [0.05, 0.1) is 0 Å². The molecule has 0 aliphatic rings. The van der Waals surface area contributed by atoms with Gasteiger partial charge in [0.2, 0.25) is 0 Å². The maximum absolute atomic E-state index is 8.78. The molecule has 2 heteroatoms. The largest absolute Gasteiger partial charge is 0.396 e. The zero-order chi connectivity index (χ0) is 9.40. The van der Waals surface area contributed by atoms with Crippen LogP contribution in [0.5, 0.6) is 0 Å². The lowest BCUT2D eigenvalue weighted by molar-refractivity contribution is 0.230. The van der Waals surface area contributed by atoms with E-state index in [4.69, 9.17) is 5.11 Å². The third-order valence-electron chi connectivity index (χ3n) is 2.12. The lowest BCUT2D eigenvalue weighted by atomic mass is 10.1. The second kappa shape index (κ2) is 7.56. The van der Waals surface area contributed by atoms with Crippen LogP contribution in [-0.2, 0) is 0 Å². The summed E-state index contributed by atoms with van der Waals surface area (Å²) >= 11 is 0. The third kappa shape index (κ3) is 6.62. The van der Waals surface area contributed by atoms with Crippen LogP contribution >= 0.6 is 0 Å². The number of hydrogen-bond donors (Lipinski definition) is 2. The topological polar surface area (TPSA) is 32.3 Å². The number of aliphatic hydroxyl groups excluding tert-OH is 1. The van der Waals surface area contributed by atoms with E-state index in [-0.39, 0.29) is 6.61 Å². The van der Waals surface area contributed by atoms with Crippen molar-refractivity contribution in [3.63, 3.8) is 0 Å². The molecule has 0 rings (SSSR count). The van der Waals surface area contributed by atoms with Crippen molar-refractivity contribution in [2.45, 2.75) is 46.1 Å². The molecule has 0 saturated carbocycles. The molecule has 0 bridgehead atoms. The quantitative estimate of drug-likeness (QED) is 0.615. The molecule has 2 atom stereocenters. The van der Waals surface area contributed by atoms with Crippen molar-refractivity contribution in [2.75, 3.05) is 13.2 Å². The molecule has 0 heterocycles. The Morgan fingerprint density at radius 1 is 1.33 bits per heavy atom. The second-order valence-electron chi connectivity index (χ2n) is 3.74. The minimum Gasteiger partial charge on any atom is -0.396 e. The molecule has 0 aromatic carbocycles. The molecule has 0 aliphatic heterocycles. The van der Waals surface area contributed by atoms with Crippen LogP contribution in [0.15, 0.2) is 0 Å². The molecule has 0 saturated heterocycles. The summed E-state index contributed by atoms with van der Waals surface area (Å²) in [5.41, 5.74) is 0. The van der Waals surface area contributed by atoms with Gasteiger partial charge in [-0.15, -0.1) is 0 Å². The average Bonchev–Trinajstić information content (AvgIpc) is 2.10. The average molecular weight is 173 g/mol. The van der Waals surface area contributed by atoms with Crippen LogP contribution < -0.4 is 5.32 Å². The van der Waals surface area contributed by atoms with E-state index in [1.807, 2.05) is 0 Å². The zero-order valence-corrected chi connectivity index (χ0v) is 8.64. The Kier molecular flexibility index (Phi) is 7.51. The predicted molar refractivity (Wildman–Crippen MR) is 53.2 cm³/mol. The first kappa shape index (κ1) is 11.9. The molecular weight excluding hydrogens is 150 g/mol. The van der Waals surface area contributed by atoms with Crippen LogP contribution in [0.3, 0.4) is 0 Å². The molecule has 2 nitrogen and oxygen atoms in total. The van der Waals surface area contributed by atoms with Gasteiger partial charge in [-0.3, -0.25) is 0 Å². The van der Waals surface area contributed by atoms with Crippen molar-refractivity contribution in [3.8, 4) is 0 Å². The Bertz CT molecular complexity index is 95.8. The van der Waals surface area contributed by atoms with E-state index >= 15 is 0 Å². The van der Waals surface area contributed by atoms with Crippen molar-refractivity contribution in [1.29, 1.82) is 0 Å². The van der Waals surface area contributed by atoms with Gasteiger partial charge in [0.1, 0.15) is 0 Å². The lowest BCUT2D eigenvalue weighted by Crippen LogP contribution is -2.31. The van der Waals surface area contributed by atoms with Crippen molar-refractivity contribution < 1.29 is 5.11 Å². The van der Waals surface area contributed by atoms with Gasteiger partial charge in [0, 0.05) is 19.2 Å². The van der Waals surface area contributed by atoms with Gasteiger partial charge in [-0.2, -0.15) is 0 Å². The van der Waals surface area contributed by atoms with E-state index in [1.54, 1.807) is 0 Å². The fourth-order valence-corrected chi connectivity index (χ4v) is 1.08. The highest BCUT2D eigenvalue weighted by atomic mass is 16.3. The lowest BCUT2D eigenvalue weighted by Gasteiger charge is -2.15. The standard InChI is InChI=1S/C10H23NO/c1-4-5-6-10(3)11-7-9(2)8-12/h9-12H,4-8H2,1-3H3. The smallest absolute Gasteiger partial charge is 0.0468 e. The van der Waals surface area contributed by atoms with Crippen LogP contribution in [-0.4, -0.2) is 24.3 Å². The van der Waals surface area contributed by atoms with Crippen LogP contribution in [0, 0.1) is 5.92 Å². The Labute approximate surface area is 76.4 Å². The monoisotopic (exact) mass is 173 g/mol. The van der Waals surface area contributed by atoms with E-state index in [0.29, 0.717) is 12.0 Å². The first-order chi connectivity index (χ1) is 5.70. The van der Waals surface area contributed by atoms with Crippen molar-refractivity contribution in [3.05, 3.63) is 0 Å². The minimum absolute atomic E-state index is 0.285. The number of rotatable bonds is 7. The summed E-state index contributed by atoms with van der Waals surface area (Å²) in [7, 11) is 0. The fourth-order valence-electron chi connectivity index (χ4n) is 1.08. The van der Waals surface area contributed by atoms with Crippen LogP contribution in [0.4, 0.5) is 0 Å². The van der Waals surface area contributed by atoms with E-state index in [0.717, 1.165) is 6.54 Å². The number of aliphatic hydroxyl groups is 1. The molecule has 0 radical (unpaired) electrons. The normalized spacial score (nSPS) is 16.0. The summed E-state index contributed by atoms with van der Waals surface area (Å²) in [6.07, 6.45) is 3.80. The summed E-state index contributed by atoms with van der Waals surface area (Å²) in [4.78, 5) is 0. The maximum Gasteiger partial charge on any atom is 0.0468 e. The highest BCUT2D eigenvalue weighted by Crippen LogP contribution is 2.00. The summed E-state index contributed by atoms with van der Waals surface area (Å²) in [6.45, 7) is 7.69. The Morgan fingerprint density at radius 3 is 2.50 bits per heavy atom.